The lowest BCUT2D eigenvalue weighted by Crippen LogP contribution is -2.42. The lowest BCUT2D eigenvalue weighted by Gasteiger charge is -2.33. The number of aliphatic hydroxyl groups is 2. The third kappa shape index (κ3) is 5.64. The lowest BCUT2D eigenvalue weighted by atomic mass is 9.99. The van der Waals surface area contributed by atoms with E-state index < -0.39 is 6.10 Å². The molecule has 6 heteroatoms. The van der Waals surface area contributed by atoms with Crippen molar-refractivity contribution in [2.24, 2.45) is 0 Å². The minimum atomic E-state index is -0.680. The maximum Gasteiger partial charge on any atom is 0.253 e. The van der Waals surface area contributed by atoms with Crippen LogP contribution in [0.15, 0.2) is 54.6 Å². The number of likely N-dealkylation sites (tertiary alicyclic amines) is 2. The number of hydrogen-bond donors (Lipinski definition) is 2. The van der Waals surface area contributed by atoms with Gasteiger partial charge in [-0.2, -0.15) is 0 Å². The third-order valence-corrected chi connectivity index (χ3v) is 6.36. The number of β-amino-alcohol motifs (C(OH)–C–C–N with tert-alkyl or cyclic N) is 1. The Bertz CT molecular complexity index is 834. The fourth-order valence-electron chi connectivity index (χ4n) is 4.56. The van der Waals surface area contributed by atoms with Gasteiger partial charge in [0.05, 0.1) is 12.7 Å². The van der Waals surface area contributed by atoms with Crippen molar-refractivity contribution in [2.75, 3.05) is 39.3 Å². The van der Waals surface area contributed by atoms with E-state index in [9.17, 15) is 9.90 Å². The first kappa shape index (κ1) is 21.8. The van der Waals surface area contributed by atoms with Gasteiger partial charge in [0, 0.05) is 44.2 Å². The van der Waals surface area contributed by atoms with Crippen molar-refractivity contribution in [1.82, 2.24) is 9.80 Å². The second kappa shape index (κ2) is 10.3. The molecule has 2 heterocycles. The smallest absolute Gasteiger partial charge is 0.253 e. The Morgan fingerprint density at radius 3 is 2.39 bits per heavy atom. The molecule has 2 saturated heterocycles. The number of aliphatic hydroxyl groups excluding tert-OH is 2. The van der Waals surface area contributed by atoms with Crippen LogP contribution in [0.2, 0.25) is 0 Å². The van der Waals surface area contributed by atoms with Crippen LogP contribution >= 0.6 is 0 Å². The summed E-state index contributed by atoms with van der Waals surface area (Å²) in [5, 5.41) is 18.6. The van der Waals surface area contributed by atoms with Crippen molar-refractivity contribution in [3.05, 3.63) is 65.7 Å². The van der Waals surface area contributed by atoms with E-state index in [1.54, 1.807) is 0 Å². The molecule has 2 aliphatic heterocycles. The summed E-state index contributed by atoms with van der Waals surface area (Å²) < 4.78 is 6.11. The Labute approximate surface area is 184 Å². The zero-order valence-electron chi connectivity index (χ0n) is 17.9. The second-order valence-corrected chi connectivity index (χ2v) is 8.63. The molecule has 2 unspecified atom stereocenters. The SMILES string of the molecule is O=C(c1ccc(OC2CCN(CC(O)CO)CC2)cc1)N1CCC(c2ccccc2)C1. The Hall–Kier alpha value is -2.41. The van der Waals surface area contributed by atoms with Gasteiger partial charge in [0.1, 0.15) is 11.9 Å². The second-order valence-electron chi connectivity index (χ2n) is 8.63. The molecule has 166 valence electrons. The standard InChI is InChI=1S/C25H32N2O4/c28-18-22(29)17-26-13-11-24(12-14-26)31-23-8-6-20(7-9-23)25(30)27-15-10-21(16-27)19-4-2-1-3-5-19/h1-9,21-22,24,28-29H,10-18H2. The number of carbonyl (C=O) groups excluding carboxylic acids is 1. The quantitative estimate of drug-likeness (QED) is 0.715. The minimum absolute atomic E-state index is 0.0840. The molecule has 0 aliphatic carbocycles. The summed E-state index contributed by atoms with van der Waals surface area (Å²) in [4.78, 5) is 17.0. The van der Waals surface area contributed by atoms with E-state index >= 15 is 0 Å². The van der Waals surface area contributed by atoms with Crippen LogP contribution in [-0.4, -0.2) is 77.5 Å². The van der Waals surface area contributed by atoms with Crippen LogP contribution in [-0.2, 0) is 0 Å². The van der Waals surface area contributed by atoms with Crippen molar-refractivity contribution >= 4 is 5.91 Å². The molecule has 6 nitrogen and oxygen atoms in total. The van der Waals surface area contributed by atoms with Gasteiger partial charge >= 0.3 is 0 Å². The molecule has 0 radical (unpaired) electrons. The molecular formula is C25H32N2O4. The average molecular weight is 425 g/mol. The van der Waals surface area contributed by atoms with E-state index in [2.05, 4.69) is 29.2 Å². The van der Waals surface area contributed by atoms with Gasteiger partial charge in [0.2, 0.25) is 0 Å². The van der Waals surface area contributed by atoms with E-state index in [0.29, 0.717) is 18.0 Å². The number of hydrogen-bond acceptors (Lipinski definition) is 5. The highest BCUT2D eigenvalue weighted by Crippen LogP contribution is 2.28. The lowest BCUT2D eigenvalue weighted by molar-refractivity contribution is 0.0346. The first-order chi connectivity index (χ1) is 15.1. The summed E-state index contributed by atoms with van der Waals surface area (Å²) in [5.41, 5.74) is 2.01. The summed E-state index contributed by atoms with van der Waals surface area (Å²) in [6.07, 6.45) is 2.22. The van der Waals surface area contributed by atoms with Crippen molar-refractivity contribution in [3.8, 4) is 5.75 Å². The van der Waals surface area contributed by atoms with Crippen molar-refractivity contribution in [3.63, 3.8) is 0 Å². The largest absolute Gasteiger partial charge is 0.490 e. The Kier molecular flexibility index (Phi) is 7.22. The maximum atomic E-state index is 12.9. The molecule has 2 fully saturated rings. The predicted molar refractivity (Wildman–Crippen MR) is 119 cm³/mol. The maximum absolute atomic E-state index is 12.9. The molecule has 31 heavy (non-hydrogen) atoms. The van der Waals surface area contributed by atoms with Gasteiger partial charge < -0.3 is 24.7 Å². The van der Waals surface area contributed by atoms with Gasteiger partial charge in [-0.25, -0.2) is 0 Å². The number of ether oxygens (including phenoxy) is 1. The van der Waals surface area contributed by atoms with E-state index in [4.69, 9.17) is 9.84 Å². The summed E-state index contributed by atoms with van der Waals surface area (Å²) in [5.74, 6) is 1.28. The molecular weight excluding hydrogens is 392 g/mol. The van der Waals surface area contributed by atoms with Crippen LogP contribution in [0.4, 0.5) is 0 Å². The van der Waals surface area contributed by atoms with Crippen LogP contribution in [0.3, 0.4) is 0 Å². The van der Waals surface area contributed by atoms with Gasteiger partial charge in [0.25, 0.3) is 5.91 Å². The summed E-state index contributed by atoms with van der Waals surface area (Å²) >= 11 is 0. The Morgan fingerprint density at radius 1 is 1.00 bits per heavy atom. The van der Waals surface area contributed by atoms with Crippen LogP contribution in [0.25, 0.3) is 0 Å². The van der Waals surface area contributed by atoms with Crippen molar-refractivity contribution in [1.29, 1.82) is 0 Å². The Morgan fingerprint density at radius 2 is 1.71 bits per heavy atom. The van der Waals surface area contributed by atoms with E-state index in [0.717, 1.165) is 51.2 Å². The normalized spacial score (nSPS) is 21.2. The molecule has 2 N–H and O–H groups in total. The molecule has 0 saturated carbocycles. The van der Waals surface area contributed by atoms with E-state index in [1.807, 2.05) is 35.2 Å². The number of rotatable bonds is 7. The van der Waals surface area contributed by atoms with Gasteiger partial charge in [0.15, 0.2) is 0 Å². The molecule has 1 amide bonds. The van der Waals surface area contributed by atoms with Gasteiger partial charge in [-0.3, -0.25) is 4.79 Å². The first-order valence-corrected chi connectivity index (χ1v) is 11.2. The molecule has 4 rings (SSSR count). The van der Waals surface area contributed by atoms with Crippen LogP contribution in [0.1, 0.15) is 41.1 Å². The zero-order chi connectivity index (χ0) is 21.6. The van der Waals surface area contributed by atoms with Gasteiger partial charge in [-0.1, -0.05) is 30.3 Å². The average Bonchev–Trinajstić information content (AvgIpc) is 3.31. The van der Waals surface area contributed by atoms with E-state index in [1.165, 1.54) is 5.56 Å². The fraction of sp³-hybridized carbons (Fsp3) is 0.480. The monoisotopic (exact) mass is 424 g/mol. The molecule has 0 bridgehead atoms. The minimum Gasteiger partial charge on any atom is -0.490 e. The Balaban J connectivity index is 1.26. The summed E-state index contributed by atoms with van der Waals surface area (Å²) in [7, 11) is 0. The number of amides is 1. The fourth-order valence-corrected chi connectivity index (χ4v) is 4.56. The molecule has 2 aliphatic rings. The molecule has 2 atom stereocenters. The number of benzene rings is 2. The van der Waals surface area contributed by atoms with Gasteiger partial charge in [-0.05, 0) is 49.1 Å². The predicted octanol–water partition coefficient (Wildman–Crippen LogP) is 2.51. The van der Waals surface area contributed by atoms with Crippen LogP contribution in [0, 0.1) is 0 Å². The summed E-state index contributed by atoms with van der Waals surface area (Å²) in [6, 6.07) is 17.9. The molecule has 2 aromatic carbocycles. The number of nitrogens with zero attached hydrogens (tertiary/aromatic N) is 2. The van der Waals surface area contributed by atoms with E-state index in [-0.39, 0.29) is 18.6 Å². The molecule has 0 aromatic heterocycles. The highest BCUT2D eigenvalue weighted by atomic mass is 16.5. The zero-order valence-corrected chi connectivity index (χ0v) is 17.9. The first-order valence-electron chi connectivity index (χ1n) is 11.2. The highest BCUT2D eigenvalue weighted by molar-refractivity contribution is 5.94. The topological polar surface area (TPSA) is 73.2 Å². The van der Waals surface area contributed by atoms with Gasteiger partial charge in [-0.15, -0.1) is 0 Å². The number of piperidine rings is 1. The van der Waals surface area contributed by atoms with Crippen molar-refractivity contribution < 1.29 is 19.7 Å². The summed E-state index contributed by atoms with van der Waals surface area (Å²) in [6.45, 7) is 3.55. The molecule has 2 aromatic rings. The van der Waals surface area contributed by atoms with Crippen LogP contribution in [0.5, 0.6) is 5.75 Å². The highest BCUT2D eigenvalue weighted by Gasteiger charge is 2.28. The van der Waals surface area contributed by atoms with Crippen LogP contribution < -0.4 is 4.74 Å². The number of carbonyl (C=O) groups is 1. The van der Waals surface area contributed by atoms with Crippen molar-refractivity contribution in [2.45, 2.75) is 37.4 Å². The molecule has 0 spiro atoms. The third-order valence-electron chi connectivity index (χ3n) is 6.36.